The molecule has 3 atom stereocenters. The van der Waals surface area contributed by atoms with Crippen molar-refractivity contribution in [2.75, 3.05) is 0 Å². The van der Waals surface area contributed by atoms with Gasteiger partial charge < -0.3 is 4.52 Å². The van der Waals surface area contributed by atoms with E-state index in [0.717, 1.165) is 18.4 Å². The summed E-state index contributed by atoms with van der Waals surface area (Å²) in [6, 6.07) is 9.99. The predicted molar refractivity (Wildman–Crippen MR) is 107 cm³/mol. The number of rotatable bonds is 4. The van der Waals surface area contributed by atoms with Gasteiger partial charge in [0.25, 0.3) is 0 Å². The maximum atomic E-state index is 13.2. The molecule has 2 aromatic heterocycles. The van der Waals surface area contributed by atoms with E-state index >= 15 is 0 Å². The first-order valence-corrected chi connectivity index (χ1v) is 11.4. The van der Waals surface area contributed by atoms with Crippen LogP contribution in [0.1, 0.15) is 37.5 Å². The van der Waals surface area contributed by atoms with Crippen LogP contribution in [0.3, 0.4) is 0 Å². The van der Waals surface area contributed by atoms with Gasteiger partial charge in [-0.2, -0.15) is 9.29 Å². The summed E-state index contributed by atoms with van der Waals surface area (Å²) in [4.78, 5) is 8.82. The molecule has 5 rings (SSSR count). The molecule has 0 saturated carbocycles. The van der Waals surface area contributed by atoms with Crippen LogP contribution in [0.25, 0.3) is 11.4 Å². The van der Waals surface area contributed by atoms with Crippen molar-refractivity contribution in [1.82, 2.24) is 19.4 Å². The van der Waals surface area contributed by atoms with Gasteiger partial charge in [-0.25, -0.2) is 8.42 Å². The lowest BCUT2D eigenvalue weighted by Crippen LogP contribution is -2.45. The van der Waals surface area contributed by atoms with Crippen molar-refractivity contribution in [1.29, 1.82) is 0 Å². The molecule has 7 nitrogen and oxygen atoms in total. The number of aromatic nitrogens is 3. The lowest BCUT2D eigenvalue weighted by Gasteiger charge is -2.36. The SMILES string of the molecule is O=S(=O)(c1cccc(Cl)c1)N1[C@@H]2CC[C@H]1CC(c1nc(-c3ccncc3)no1)C2. The second-order valence-corrected chi connectivity index (χ2v) is 9.82. The summed E-state index contributed by atoms with van der Waals surface area (Å²) in [5.74, 6) is 1.17. The van der Waals surface area contributed by atoms with Crippen molar-refractivity contribution >= 4 is 21.6 Å². The molecule has 2 saturated heterocycles. The Morgan fingerprint density at radius 2 is 1.79 bits per heavy atom. The van der Waals surface area contributed by atoms with Crippen LogP contribution in [0.4, 0.5) is 0 Å². The highest BCUT2D eigenvalue weighted by atomic mass is 35.5. The predicted octanol–water partition coefficient (Wildman–Crippen LogP) is 3.88. The van der Waals surface area contributed by atoms with E-state index in [0.29, 0.717) is 29.6 Å². The molecule has 150 valence electrons. The molecule has 2 fully saturated rings. The van der Waals surface area contributed by atoms with E-state index in [4.69, 9.17) is 16.1 Å². The Balaban J connectivity index is 1.39. The molecule has 2 aliphatic heterocycles. The molecule has 9 heteroatoms. The van der Waals surface area contributed by atoms with E-state index in [1.807, 2.05) is 12.1 Å². The monoisotopic (exact) mass is 430 g/mol. The van der Waals surface area contributed by atoms with E-state index in [1.54, 1.807) is 34.9 Å². The summed E-state index contributed by atoms with van der Waals surface area (Å²) in [5.41, 5.74) is 0.846. The highest BCUT2D eigenvalue weighted by molar-refractivity contribution is 7.89. The quantitative estimate of drug-likeness (QED) is 0.623. The van der Waals surface area contributed by atoms with Gasteiger partial charge in [-0.1, -0.05) is 22.8 Å². The average molecular weight is 431 g/mol. The summed E-state index contributed by atoms with van der Waals surface area (Å²) < 4.78 is 33.7. The zero-order valence-electron chi connectivity index (χ0n) is 15.5. The van der Waals surface area contributed by atoms with Crippen molar-refractivity contribution < 1.29 is 12.9 Å². The van der Waals surface area contributed by atoms with Crippen molar-refractivity contribution in [2.24, 2.45) is 0 Å². The summed E-state index contributed by atoms with van der Waals surface area (Å²) >= 11 is 6.02. The van der Waals surface area contributed by atoms with Gasteiger partial charge in [0.2, 0.25) is 21.7 Å². The summed E-state index contributed by atoms with van der Waals surface area (Å²) in [6.07, 6.45) is 6.40. The van der Waals surface area contributed by atoms with Gasteiger partial charge >= 0.3 is 0 Å². The van der Waals surface area contributed by atoms with Crippen molar-refractivity contribution in [3.05, 3.63) is 59.7 Å². The van der Waals surface area contributed by atoms with Crippen LogP contribution in [-0.4, -0.2) is 39.9 Å². The Morgan fingerprint density at radius 3 is 2.48 bits per heavy atom. The number of nitrogens with zero attached hydrogens (tertiary/aromatic N) is 4. The number of piperidine rings is 1. The standard InChI is InChI=1S/C20H19ClN4O3S/c21-15-2-1-3-18(12-15)29(26,27)25-16-4-5-17(25)11-14(10-16)20-23-19(24-28-20)13-6-8-22-9-7-13/h1-3,6-9,12,14,16-17H,4-5,10-11H2/t14?,16-,17+. The van der Waals surface area contributed by atoms with Gasteiger partial charge in [-0.3, -0.25) is 4.98 Å². The van der Waals surface area contributed by atoms with Crippen LogP contribution in [0.5, 0.6) is 0 Å². The molecular formula is C20H19ClN4O3S. The normalized spacial score (nSPS) is 24.7. The van der Waals surface area contributed by atoms with Crippen LogP contribution in [0.2, 0.25) is 5.02 Å². The van der Waals surface area contributed by atoms with Crippen LogP contribution in [0, 0.1) is 0 Å². The molecule has 3 aromatic rings. The zero-order chi connectivity index (χ0) is 20.0. The van der Waals surface area contributed by atoms with Crippen molar-refractivity contribution in [3.8, 4) is 11.4 Å². The first-order valence-electron chi connectivity index (χ1n) is 9.55. The largest absolute Gasteiger partial charge is 0.339 e. The number of sulfonamides is 1. The molecule has 0 aliphatic carbocycles. The molecule has 0 amide bonds. The maximum absolute atomic E-state index is 13.2. The zero-order valence-corrected chi connectivity index (χ0v) is 17.1. The van der Waals surface area contributed by atoms with Gasteiger partial charge in [-0.05, 0) is 56.0 Å². The minimum Gasteiger partial charge on any atom is -0.339 e. The van der Waals surface area contributed by atoms with Gasteiger partial charge in [0.05, 0.1) is 4.90 Å². The van der Waals surface area contributed by atoms with E-state index in [1.165, 1.54) is 6.07 Å². The van der Waals surface area contributed by atoms with E-state index in [-0.39, 0.29) is 22.9 Å². The maximum Gasteiger partial charge on any atom is 0.243 e. The van der Waals surface area contributed by atoms with Crippen molar-refractivity contribution in [2.45, 2.75) is 48.6 Å². The molecule has 0 radical (unpaired) electrons. The number of pyridine rings is 1. The van der Waals surface area contributed by atoms with Crippen LogP contribution in [0.15, 0.2) is 58.2 Å². The second-order valence-electron chi connectivity index (χ2n) is 7.54. The average Bonchev–Trinajstić information content (AvgIpc) is 3.32. The minimum atomic E-state index is -3.59. The second kappa shape index (κ2) is 7.19. The Hall–Kier alpha value is -2.29. The van der Waals surface area contributed by atoms with Crippen LogP contribution in [-0.2, 0) is 10.0 Å². The molecule has 2 aliphatic rings. The smallest absolute Gasteiger partial charge is 0.243 e. The third-order valence-electron chi connectivity index (χ3n) is 5.77. The number of fused-ring (bicyclic) bond motifs is 2. The highest BCUT2D eigenvalue weighted by Crippen LogP contribution is 2.45. The molecule has 0 spiro atoms. The topological polar surface area (TPSA) is 89.2 Å². The minimum absolute atomic E-state index is 0.0569. The van der Waals surface area contributed by atoms with Gasteiger partial charge in [0.1, 0.15) is 0 Å². The van der Waals surface area contributed by atoms with E-state index in [2.05, 4.69) is 15.1 Å². The molecule has 0 N–H and O–H groups in total. The fraction of sp³-hybridized carbons (Fsp3) is 0.350. The first kappa shape index (κ1) is 18.7. The fourth-order valence-corrected chi connectivity index (χ4v) is 6.69. The first-order chi connectivity index (χ1) is 14.0. The summed E-state index contributed by atoms with van der Waals surface area (Å²) in [5, 5.41) is 4.52. The Bertz CT molecular complexity index is 1120. The van der Waals surface area contributed by atoms with E-state index < -0.39 is 10.0 Å². The fourth-order valence-electron chi connectivity index (χ4n) is 4.50. The van der Waals surface area contributed by atoms with Gasteiger partial charge in [-0.15, -0.1) is 0 Å². The third-order valence-corrected chi connectivity index (χ3v) is 8.00. The molecular weight excluding hydrogens is 412 g/mol. The molecule has 4 heterocycles. The third kappa shape index (κ3) is 3.35. The lowest BCUT2D eigenvalue weighted by atomic mass is 9.92. The van der Waals surface area contributed by atoms with Crippen molar-refractivity contribution in [3.63, 3.8) is 0 Å². The van der Waals surface area contributed by atoms with Gasteiger partial charge in [0, 0.05) is 41.0 Å². The summed E-state index contributed by atoms with van der Waals surface area (Å²) in [7, 11) is -3.59. The Kier molecular flexibility index (Phi) is 4.64. The Morgan fingerprint density at radius 1 is 1.07 bits per heavy atom. The number of hydrogen-bond acceptors (Lipinski definition) is 6. The molecule has 1 aromatic carbocycles. The molecule has 29 heavy (non-hydrogen) atoms. The lowest BCUT2D eigenvalue weighted by molar-refractivity contribution is 0.202. The number of benzene rings is 1. The van der Waals surface area contributed by atoms with E-state index in [9.17, 15) is 8.42 Å². The molecule has 2 bridgehead atoms. The molecule has 1 unspecified atom stereocenters. The summed E-state index contributed by atoms with van der Waals surface area (Å²) in [6.45, 7) is 0. The number of hydrogen-bond donors (Lipinski definition) is 0. The highest BCUT2D eigenvalue weighted by Gasteiger charge is 2.48. The number of halogens is 1. The van der Waals surface area contributed by atoms with Crippen LogP contribution < -0.4 is 0 Å². The Labute approximate surface area is 173 Å². The van der Waals surface area contributed by atoms with Gasteiger partial charge in [0.15, 0.2) is 0 Å². The van der Waals surface area contributed by atoms with Crippen LogP contribution >= 0.6 is 11.6 Å².